The number of methoxy groups -OCH3 is 1. The zero-order valence-corrected chi connectivity index (χ0v) is 16.8. The second kappa shape index (κ2) is 9.39. The maximum absolute atomic E-state index is 12.9. The second-order valence-electron chi connectivity index (χ2n) is 6.87. The number of carbonyl (C=O) groups excluding carboxylic acids is 1. The number of nitrogens with two attached hydrogens (primary N) is 1. The molecule has 0 aromatic carbocycles. The standard InChI is InChI=1S/C17H24N6O5S/c1-27-7-6-23-5-4-15(22-23)16(24)14-9-19-11-20-17(14)21-13-3-2-12(8-13)10-28-29(18,25)26/h4-5,9,11-13H,2-3,6-8,10H2,1H3,(H2,18,25,26)(H,19,20,21)/t12-,13+/m1/s1. The Morgan fingerprint density at radius 3 is 3.00 bits per heavy atom. The summed E-state index contributed by atoms with van der Waals surface area (Å²) in [7, 11) is -2.34. The van der Waals surface area contributed by atoms with Crippen molar-refractivity contribution in [1.29, 1.82) is 0 Å². The Balaban J connectivity index is 1.65. The fraction of sp³-hybridized carbons (Fsp3) is 0.529. The lowest BCUT2D eigenvalue weighted by Gasteiger charge is -2.15. The molecule has 1 aliphatic rings. The predicted molar refractivity (Wildman–Crippen MR) is 103 cm³/mol. The molecule has 29 heavy (non-hydrogen) atoms. The molecule has 2 aromatic heterocycles. The number of hydrogen-bond donors (Lipinski definition) is 2. The highest BCUT2D eigenvalue weighted by molar-refractivity contribution is 7.84. The Kier molecular flexibility index (Phi) is 6.90. The number of anilines is 1. The minimum absolute atomic E-state index is 0.0322. The number of rotatable bonds is 10. The summed E-state index contributed by atoms with van der Waals surface area (Å²) >= 11 is 0. The Bertz CT molecular complexity index is 947. The van der Waals surface area contributed by atoms with Gasteiger partial charge in [0.2, 0.25) is 5.78 Å². The van der Waals surface area contributed by atoms with Gasteiger partial charge in [-0.3, -0.25) is 13.7 Å². The van der Waals surface area contributed by atoms with Gasteiger partial charge in [-0.1, -0.05) is 0 Å². The van der Waals surface area contributed by atoms with Gasteiger partial charge in [-0.15, -0.1) is 0 Å². The molecule has 3 N–H and O–H groups in total. The fourth-order valence-corrected chi connectivity index (χ4v) is 3.66. The molecule has 2 aromatic rings. The van der Waals surface area contributed by atoms with Crippen molar-refractivity contribution >= 4 is 21.9 Å². The number of ketones is 1. The van der Waals surface area contributed by atoms with E-state index in [1.54, 1.807) is 24.1 Å². The number of carbonyl (C=O) groups is 1. The smallest absolute Gasteiger partial charge is 0.333 e. The fourth-order valence-electron chi connectivity index (χ4n) is 3.28. The summed E-state index contributed by atoms with van der Waals surface area (Å²) in [6, 6.07) is 1.68. The molecule has 0 saturated heterocycles. The van der Waals surface area contributed by atoms with E-state index in [0.29, 0.717) is 36.6 Å². The first-order valence-corrected chi connectivity index (χ1v) is 10.6. The number of aromatic nitrogens is 4. The van der Waals surface area contributed by atoms with E-state index in [-0.39, 0.29) is 24.3 Å². The van der Waals surface area contributed by atoms with Crippen LogP contribution in [0, 0.1) is 5.92 Å². The van der Waals surface area contributed by atoms with Crippen LogP contribution in [0.3, 0.4) is 0 Å². The SMILES string of the molecule is COCCn1ccc(C(=O)c2cncnc2N[C@H]2CC[C@@H](COS(N)(=O)=O)C2)n1. The predicted octanol–water partition coefficient (Wildman–Crippen LogP) is 0.351. The van der Waals surface area contributed by atoms with E-state index in [2.05, 4.69) is 24.6 Å². The first-order chi connectivity index (χ1) is 13.9. The molecule has 1 saturated carbocycles. The average Bonchev–Trinajstić information content (AvgIpc) is 3.33. The molecule has 12 heteroatoms. The molecule has 11 nitrogen and oxygen atoms in total. The number of nitrogens with zero attached hydrogens (tertiary/aromatic N) is 4. The highest BCUT2D eigenvalue weighted by Crippen LogP contribution is 2.29. The van der Waals surface area contributed by atoms with Crippen LogP contribution < -0.4 is 10.5 Å². The summed E-state index contributed by atoms with van der Waals surface area (Å²) in [4.78, 5) is 21.1. The number of hydrogen-bond acceptors (Lipinski definition) is 9. The normalized spacial score (nSPS) is 19.4. The molecular weight excluding hydrogens is 400 g/mol. The monoisotopic (exact) mass is 424 g/mol. The quantitative estimate of drug-likeness (QED) is 0.515. The molecule has 0 bridgehead atoms. The van der Waals surface area contributed by atoms with Crippen molar-refractivity contribution in [3.8, 4) is 0 Å². The lowest BCUT2D eigenvalue weighted by Crippen LogP contribution is -2.22. The van der Waals surface area contributed by atoms with Gasteiger partial charge < -0.3 is 10.1 Å². The van der Waals surface area contributed by atoms with Crippen molar-refractivity contribution in [1.82, 2.24) is 19.7 Å². The third kappa shape index (κ3) is 6.03. The van der Waals surface area contributed by atoms with Crippen LogP contribution in [-0.2, 0) is 25.8 Å². The van der Waals surface area contributed by atoms with Crippen LogP contribution in [0.1, 0.15) is 35.3 Å². The molecule has 3 rings (SSSR count). The Labute approximate surface area is 168 Å². The third-order valence-corrected chi connectivity index (χ3v) is 5.17. The largest absolute Gasteiger partial charge is 0.383 e. The van der Waals surface area contributed by atoms with E-state index in [1.807, 2.05) is 0 Å². The van der Waals surface area contributed by atoms with Gasteiger partial charge in [-0.25, -0.2) is 15.1 Å². The van der Waals surface area contributed by atoms with Crippen LogP contribution in [-0.4, -0.2) is 60.3 Å². The van der Waals surface area contributed by atoms with Crippen molar-refractivity contribution in [3.05, 3.63) is 36.0 Å². The highest BCUT2D eigenvalue weighted by atomic mass is 32.2. The molecule has 0 spiro atoms. The summed E-state index contributed by atoms with van der Waals surface area (Å²) in [5.41, 5.74) is 0.624. The summed E-state index contributed by atoms with van der Waals surface area (Å²) in [5, 5.41) is 12.4. The second-order valence-corrected chi connectivity index (χ2v) is 8.09. The third-order valence-electron chi connectivity index (χ3n) is 4.70. The van der Waals surface area contributed by atoms with E-state index in [9.17, 15) is 13.2 Å². The molecule has 1 fully saturated rings. The van der Waals surface area contributed by atoms with E-state index in [4.69, 9.17) is 9.88 Å². The van der Waals surface area contributed by atoms with Crippen LogP contribution in [0.5, 0.6) is 0 Å². The van der Waals surface area contributed by atoms with Gasteiger partial charge in [0.25, 0.3) is 0 Å². The summed E-state index contributed by atoms with van der Waals surface area (Å²) in [6.45, 7) is 1.09. The van der Waals surface area contributed by atoms with E-state index in [1.165, 1.54) is 12.5 Å². The van der Waals surface area contributed by atoms with Crippen LogP contribution in [0.25, 0.3) is 0 Å². The van der Waals surface area contributed by atoms with Gasteiger partial charge in [0.05, 0.1) is 25.3 Å². The molecule has 2 atom stereocenters. The summed E-state index contributed by atoms with van der Waals surface area (Å²) in [6.07, 6.45) is 6.80. The Morgan fingerprint density at radius 2 is 2.24 bits per heavy atom. The van der Waals surface area contributed by atoms with Crippen LogP contribution in [0.2, 0.25) is 0 Å². The van der Waals surface area contributed by atoms with Gasteiger partial charge in [-0.2, -0.15) is 13.5 Å². The average molecular weight is 424 g/mol. The molecule has 0 unspecified atom stereocenters. The highest BCUT2D eigenvalue weighted by Gasteiger charge is 2.28. The molecule has 1 aliphatic carbocycles. The molecular formula is C17H24N6O5S. The van der Waals surface area contributed by atoms with Crippen molar-refractivity contribution in [2.45, 2.75) is 31.8 Å². The molecule has 0 radical (unpaired) electrons. The van der Waals surface area contributed by atoms with Crippen molar-refractivity contribution in [3.63, 3.8) is 0 Å². The topological polar surface area (TPSA) is 151 Å². The van der Waals surface area contributed by atoms with Crippen LogP contribution in [0.4, 0.5) is 5.82 Å². The lowest BCUT2D eigenvalue weighted by atomic mass is 10.1. The van der Waals surface area contributed by atoms with E-state index < -0.39 is 10.3 Å². The zero-order chi connectivity index (χ0) is 20.9. The Hall–Kier alpha value is -2.41. The number of ether oxygens (including phenoxy) is 1. The maximum Gasteiger partial charge on any atom is 0.333 e. The van der Waals surface area contributed by atoms with E-state index in [0.717, 1.165) is 12.8 Å². The maximum atomic E-state index is 12.9. The first kappa shape index (κ1) is 21.3. The first-order valence-electron chi connectivity index (χ1n) is 9.16. The van der Waals surface area contributed by atoms with Gasteiger partial charge in [0, 0.05) is 25.5 Å². The zero-order valence-electron chi connectivity index (χ0n) is 16.0. The van der Waals surface area contributed by atoms with Crippen molar-refractivity contribution in [2.24, 2.45) is 11.1 Å². The van der Waals surface area contributed by atoms with Gasteiger partial charge in [-0.05, 0) is 31.2 Å². The summed E-state index contributed by atoms with van der Waals surface area (Å²) in [5.74, 6) is 0.203. The van der Waals surface area contributed by atoms with Crippen LogP contribution in [0.15, 0.2) is 24.8 Å². The van der Waals surface area contributed by atoms with Crippen LogP contribution >= 0.6 is 0 Å². The van der Waals surface area contributed by atoms with Crippen molar-refractivity contribution in [2.75, 3.05) is 25.6 Å². The lowest BCUT2D eigenvalue weighted by molar-refractivity contribution is 0.103. The molecule has 0 aliphatic heterocycles. The van der Waals surface area contributed by atoms with Gasteiger partial charge in [0.15, 0.2) is 0 Å². The van der Waals surface area contributed by atoms with Gasteiger partial charge in [0.1, 0.15) is 17.8 Å². The van der Waals surface area contributed by atoms with E-state index >= 15 is 0 Å². The Morgan fingerprint density at radius 1 is 1.41 bits per heavy atom. The van der Waals surface area contributed by atoms with Gasteiger partial charge >= 0.3 is 10.3 Å². The molecule has 158 valence electrons. The van der Waals surface area contributed by atoms with Crippen molar-refractivity contribution < 1.29 is 22.1 Å². The number of nitrogens with one attached hydrogen (secondary N) is 1. The molecule has 0 amide bonds. The minimum Gasteiger partial charge on any atom is -0.383 e. The molecule has 2 heterocycles. The summed E-state index contributed by atoms with van der Waals surface area (Å²) < 4.78 is 33.2. The minimum atomic E-state index is -3.94.